The highest BCUT2D eigenvalue weighted by molar-refractivity contribution is 6.04. The number of hydrogen-bond donors (Lipinski definition) is 4. The van der Waals surface area contributed by atoms with Crippen molar-refractivity contribution in [3.05, 3.63) is 82.9 Å². The quantitative estimate of drug-likeness (QED) is 0.0712. The summed E-state index contributed by atoms with van der Waals surface area (Å²) in [5.41, 5.74) is 6.84. The molecule has 3 aromatic rings. The van der Waals surface area contributed by atoms with Crippen molar-refractivity contribution in [1.82, 2.24) is 15.3 Å². The number of amides is 1. The van der Waals surface area contributed by atoms with E-state index in [1.165, 1.54) is 32.3 Å². The van der Waals surface area contributed by atoms with Crippen molar-refractivity contribution in [2.75, 3.05) is 33.3 Å². The summed E-state index contributed by atoms with van der Waals surface area (Å²) in [6.07, 6.45) is 1.54. The van der Waals surface area contributed by atoms with Crippen LogP contribution in [0.2, 0.25) is 0 Å². The Labute approximate surface area is 293 Å². The first-order valence-electron chi connectivity index (χ1n) is 15.7. The number of carbonyl (C=O) groups is 2. The molecule has 0 saturated carbocycles. The van der Waals surface area contributed by atoms with Crippen molar-refractivity contribution in [3.63, 3.8) is 0 Å². The second kappa shape index (κ2) is 19.5. The summed E-state index contributed by atoms with van der Waals surface area (Å²) < 4.78 is 54.8. The van der Waals surface area contributed by atoms with Crippen LogP contribution in [0, 0.1) is 18.2 Å². The lowest BCUT2D eigenvalue weighted by Gasteiger charge is -2.21. The van der Waals surface area contributed by atoms with Crippen LogP contribution in [-0.4, -0.2) is 83.9 Å². The van der Waals surface area contributed by atoms with Gasteiger partial charge in [0.25, 0.3) is 5.95 Å². The Balaban J connectivity index is 1.99. The van der Waals surface area contributed by atoms with Crippen LogP contribution in [0.1, 0.15) is 55.4 Å². The smallest absolute Gasteiger partial charge is 0.488 e. The first-order valence-corrected chi connectivity index (χ1v) is 15.7. The molecular formula is C34H41F2N7O8. The van der Waals surface area contributed by atoms with Gasteiger partial charge in [0.15, 0.2) is 11.6 Å². The monoisotopic (exact) mass is 713 g/mol. The van der Waals surface area contributed by atoms with Gasteiger partial charge in [0.2, 0.25) is 6.79 Å². The fraction of sp³-hybridized carbons (Fsp3) is 0.382. The normalized spacial score (nSPS) is 12.5. The Morgan fingerprint density at radius 3 is 2.45 bits per heavy atom. The molecule has 15 nitrogen and oxygen atoms in total. The highest BCUT2D eigenvalue weighted by Gasteiger charge is 2.26. The minimum Gasteiger partial charge on any atom is -0.488 e. The number of nitrogens with two attached hydrogens (primary N) is 1. The van der Waals surface area contributed by atoms with E-state index in [-0.39, 0.29) is 55.2 Å². The number of rotatable bonds is 15. The average molecular weight is 714 g/mol. The third kappa shape index (κ3) is 12.9. The van der Waals surface area contributed by atoms with E-state index in [9.17, 15) is 19.1 Å². The number of aliphatic hydroxyl groups is 1. The Morgan fingerprint density at radius 1 is 1.10 bits per heavy atom. The maximum atomic E-state index is 16.0. The van der Waals surface area contributed by atoms with Gasteiger partial charge in [-0.2, -0.15) is 9.98 Å². The highest BCUT2D eigenvalue weighted by Crippen LogP contribution is 2.31. The number of benzene rings is 2. The van der Waals surface area contributed by atoms with E-state index in [2.05, 4.69) is 25.3 Å². The summed E-state index contributed by atoms with van der Waals surface area (Å²) in [5, 5.41) is 19.8. The van der Waals surface area contributed by atoms with Gasteiger partial charge >= 0.3 is 18.3 Å². The molecule has 1 heterocycles. The van der Waals surface area contributed by atoms with E-state index >= 15 is 4.39 Å². The second-order valence-corrected chi connectivity index (χ2v) is 11.5. The predicted octanol–water partition coefficient (Wildman–Crippen LogP) is 5.00. The second-order valence-electron chi connectivity index (χ2n) is 11.5. The Bertz CT molecular complexity index is 1690. The maximum Gasteiger partial charge on any atom is 0.511 e. The molecule has 0 fully saturated rings. The average Bonchev–Trinajstić information content (AvgIpc) is 3.10. The zero-order valence-electron chi connectivity index (χ0n) is 28.7. The molecule has 274 valence electrons. The van der Waals surface area contributed by atoms with Gasteiger partial charge in [-0.15, -0.1) is 0 Å². The van der Waals surface area contributed by atoms with Crippen LogP contribution in [0.3, 0.4) is 0 Å². The molecule has 0 spiro atoms. The first-order chi connectivity index (χ1) is 24.3. The van der Waals surface area contributed by atoms with E-state index in [0.29, 0.717) is 23.1 Å². The first kappa shape index (κ1) is 39.7. The van der Waals surface area contributed by atoms with Gasteiger partial charge in [-0.1, -0.05) is 37.3 Å². The number of amidine groups is 3. The van der Waals surface area contributed by atoms with Crippen molar-refractivity contribution in [1.29, 1.82) is 5.41 Å². The van der Waals surface area contributed by atoms with Crippen molar-refractivity contribution in [3.8, 4) is 5.75 Å². The number of aliphatic hydroxyl groups excluding tert-OH is 1. The number of hydrogen-bond acceptors (Lipinski definition) is 12. The number of carbonyl (C=O) groups excluding carboxylic acids is 2. The van der Waals surface area contributed by atoms with E-state index in [1.54, 1.807) is 43.3 Å². The number of nitrogens with zero attached hydrogens (tertiary/aromatic N) is 4. The number of aliphatic imine (C=N–C) groups is 2. The van der Waals surface area contributed by atoms with Gasteiger partial charge in [-0.3, -0.25) is 10.7 Å². The van der Waals surface area contributed by atoms with Crippen LogP contribution in [0.25, 0.3) is 0 Å². The van der Waals surface area contributed by atoms with Gasteiger partial charge in [-0.25, -0.2) is 28.3 Å². The number of nitrogens with one attached hydrogen (secondary N) is 2. The zero-order chi connectivity index (χ0) is 37.4. The van der Waals surface area contributed by atoms with E-state index in [0.717, 1.165) is 0 Å². The highest BCUT2D eigenvalue weighted by atomic mass is 19.1. The lowest BCUT2D eigenvalue weighted by molar-refractivity contribution is -0.0528. The topological polar surface area (TPSA) is 213 Å². The third-order valence-electron chi connectivity index (χ3n) is 6.66. The molecule has 0 saturated heterocycles. The van der Waals surface area contributed by atoms with Crippen LogP contribution in [0.5, 0.6) is 5.75 Å². The van der Waals surface area contributed by atoms with Crippen LogP contribution in [0.4, 0.5) is 24.3 Å². The number of aromatic nitrogens is 2. The molecule has 0 aliphatic carbocycles. The molecule has 0 bridgehead atoms. The van der Waals surface area contributed by atoms with E-state index < -0.39 is 49.1 Å². The molecular weight excluding hydrogens is 672 g/mol. The summed E-state index contributed by atoms with van der Waals surface area (Å²) in [6.45, 7) is 4.24. The van der Waals surface area contributed by atoms with Crippen molar-refractivity contribution in [2.24, 2.45) is 15.7 Å². The molecule has 17 heteroatoms. The number of alkyl halides is 1. The van der Waals surface area contributed by atoms with Gasteiger partial charge in [0, 0.05) is 29.4 Å². The van der Waals surface area contributed by atoms with Gasteiger partial charge in [-0.05, 0) is 56.9 Å². The van der Waals surface area contributed by atoms with Crippen LogP contribution in [0.15, 0.2) is 64.8 Å². The van der Waals surface area contributed by atoms with Gasteiger partial charge < -0.3 is 34.5 Å². The SMILES string of the molecule is CCCOC(=O)NC(=N)c1ccc(C[C@@H](C(N)=NC(=Nc2ncccn2)OCOC(=O)OC(C)(C)CF)c2cc(C)cc(OCCO)c2F)cc1. The maximum absolute atomic E-state index is 16.0. The van der Waals surface area contributed by atoms with Gasteiger partial charge in [0.1, 0.15) is 30.6 Å². The molecule has 0 aliphatic heterocycles. The largest absolute Gasteiger partial charge is 0.511 e. The summed E-state index contributed by atoms with van der Waals surface area (Å²) in [7, 11) is 0. The van der Waals surface area contributed by atoms with Crippen molar-refractivity contribution < 1.29 is 47.2 Å². The summed E-state index contributed by atoms with van der Waals surface area (Å²) >= 11 is 0. The van der Waals surface area contributed by atoms with Crippen LogP contribution in [-0.2, 0) is 25.4 Å². The summed E-state index contributed by atoms with van der Waals surface area (Å²) in [5.74, 6) is -2.33. The predicted molar refractivity (Wildman–Crippen MR) is 183 cm³/mol. The molecule has 0 radical (unpaired) electrons. The van der Waals surface area contributed by atoms with Gasteiger partial charge in [0.05, 0.1) is 13.2 Å². The van der Waals surface area contributed by atoms with Crippen LogP contribution >= 0.6 is 0 Å². The molecule has 1 aromatic heterocycles. The Hall–Kier alpha value is -5.71. The molecule has 2 aromatic carbocycles. The number of alkyl carbamates (subject to hydrolysis) is 1. The lowest BCUT2D eigenvalue weighted by Crippen LogP contribution is -2.31. The molecule has 0 aliphatic rings. The standard InChI is InChI=1S/C34H41F2N7O8/c1-5-14-48-32(45)42-28(37)23-9-7-22(8-10-23)18-25(24-16-21(2)17-26(27(24)36)47-15-13-44)29(38)41-31(43-30-39-11-6-12-40-30)49-20-50-33(46)51-34(3,4)19-35/h6-12,16-17,25,44H,5,13-15,18-20H2,1-4H3,(H2,37,42,45)(H2,38,39,40,41,43)/t25-/m1/s1. The van der Waals surface area contributed by atoms with Crippen molar-refractivity contribution in [2.45, 2.75) is 52.1 Å². The molecule has 3 rings (SSSR count). The minimum absolute atomic E-state index is 0.0605. The zero-order valence-corrected chi connectivity index (χ0v) is 28.7. The number of halogens is 2. The fourth-order valence-electron chi connectivity index (χ4n) is 4.22. The summed E-state index contributed by atoms with van der Waals surface area (Å²) in [6, 6.07) is 10.6. The summed E-state index contributed by atoms with van der Waals surface area (Å²) in [4.78, 5) is 40.5. The molecule has 1 atom stereocenters. The van der Waals surface area contributed by atoms with Crippen LogP contribution < -0.4 is 15.8 Å². The number of ether oxygens (including phenoxy) is 5. The van der Waals surface area contributed by atoms with E-state index in [4.69, 9.17) is 34.8 Å². The molecule has 0 unspecified atom stereocenters. The fourth-order valence-corrected chi connectivity index (χ4v) is 4.22. The molecule has 51 heavy (non-hydrogen) atoms. The molecule has 1 amide bonds. The van der Waals surface area contributed by atoms with Crippen molar-refractivity contribution >= 4 is 35.9 Å². The number of aryl methyl sites for hydroxylation is 1. The molecule has 5 N–H and O–H groups in total. The third-order valence-corrected chi connectivity index (χ3v) is 6.66. The Morgan fingerprint density at radius 2 is 1.80 bits per heavy atom. The Kier molecular flexibility index (Phi) is 15.2. The minimum atomic E-state index is -1.44. The lowest BCUT2D eigenvalue weighted by atomic mass is 9.89. The van der Waals surface area contributed by atoms with E-state index in [1.807, 2.05) is 6.92 Å².